The number of benzene rings is 1. The van der Waals surface area contributed by atoms with Crippen molar-refractivity contribution in [1.29, 1.82) is 0 Å². The topological polar surface area (TPSA) is 68.9 Å². The molecular formula is C13H10ClN3O2. The fraction of sp³-hybridized carbons (Fsp3) is 0.231. The maximum absolute atomic E-state index is 10.8. The highest BCUT2D eigenvalue weighted by atomic mass is 35.5. The van der Waals surface area contributed by atoms with Crippen molar-refractivity contribution in [2.45, 2.75) is 18.8 Å². The summed E-state index contributed by atoms with van der Waals surface area (Å²) in [5.74, 6) is 1.12. The number of nitrogens with zero attached hydrogens (tertiary/aromatic N) is 3. The standard InChI is InChI=1S/C13H10ClN3O2/c14-12-7-11(15-13(16-12)8-4-5-8)9-2-1-3-10(6-9)17(18)19/h1-3,6-8H,4-5H2. The predicted molar refractivity (Wildman–Crippen MR) is 71.1 cm³/mol. The average Bonchev–Trinajstić information content (AvgIpc) is 3.22. The van der Waals surface area contributed by atoms with Gasteiger partial charge in [-0.3, -0.25) is 10.1 Å². The van der Waals surface area contributed by atoms with E-state index < -0.39 is 4.92 Å². The number of halogens is 1. The van der Waals surface area contributed by atoms with Crippen molar-refractivity contribution in [2.75, 3.05) is 0 Å². The van der Waals surface area contributed by atoms with Crippen molar-refractivity contribution >= 4 is 17.3 Å². The minimum Gasteiger partial charge on any atom is -0.258 e. The molecule has 1 aliphatic rings. The molecule has 1 aliphatic carbocycles. The van der Waals surface area contributed by atoms with Gasteiger partial charge in [0.25, 0.3) is 5.69 Å². The van der Waals surface area contributed by atoms with Gasteiger partial charge in [-0.25, -0.2) is 9.97 Å². The number of non-ortho nitro benzene ring substituents is 1. The molecule has 0 saturated heterocycles. The molecule has 0 atom stereocenters. The van der Waals surface area contributed by atoms with E-state index in [4.69, 9.17) is 11.6 Å². The van der Waals surface area contributed by atoms with Crippen LogP contribution >= 0.6 is 11.6 Å². The summed E-state index contributed by atoms with van der Waals surface area (Å²) in [4.78, 5) is 19.0. The van der Waals surface area contributed by atoms with E-state index in [1.807, 2.05) is 0 Å². The Morgan fingerprint density at radius 1 is 1.26 bits per heavy atom. The smallest absolute Gasteiger partial charge is 0.258 e. The van der Waals surface area contributed by atoms with Crippen molar-refractivity contribution in [1.82, 2.24) is 9.97 Å². The molecule has 0 spiro atoms. The monoisotopic (exact) mass is 275 g/mol. The minimum atomic E-state index is -0.423. The van der Waals surface area contributed by atoms with Crippen LogP contribution in [0.15, 0.2) is 30.3 Å². The van der Waals surface area contributed by atoms with Crippen LogP contribution in [-0.2, 0) is 0 Å². The molecule has 19 heavy (non-hydrogen) atoms. The Labute approximate surface area is 114 Å². The largest absolute Gasteiger partial charge is 0.270 e. The van der Waals surface area contributed by atoms with Crippen LogP contribution in [0.4, 0.5) is 5.69 Å². The zero-order chi connectivity index (χ0) is 13.4. The molecule has 96 valence electrons. The SMILES string of the molecule is O=[N+]([O-])c1cccc(-c2cc(Cl)nc(C3CC3)n2)c1. The third kappa shape index (κ3) is 2.56. The van der Waals surface area contributed by atoms with Crippen LogP contribution in [0.5, 0.6) is 0 Å². The molecular weight excluding hydrogens is 266 g/mol. The molecule has 1 heterocycles. The van der Waals surface area contributed by atoms with Gasteiger partial charge in [0.1, 0.15) is 11.0 Å². The second-order valence-corrected chi connectivity index (χ2v) is 4.90. The molecule has 0 amide bonds. The molecule has 5 nitrogen and oxygen atoms in total. The summed E-state index contributed by atoms with van der Waals surface area (Å²) >= 11 is 5.99. The molecule has 0 unspecified atom stereocenters. The first kappa shape index (κ1) is 12.0. The highest BCUT2D eigenvalue weighted by Crippen LogP contribution is 2.39. The Balaban J connectivity index is 2.05. The molecule has 1 aromatic carbocycles. The van der Waals surface area contributed by atoms with Crippen LogP contribution in [-0.4, -0.2) is 14.9 Å². The lowest BCUT2D eigenvalue weighted by atomic mass is 10.1. The highest BCUT2D eigenvalue weighted by Gasteiger charge is 2.27. The van der Waals surface area contributed by atoms with Gasteiger partial charge in [-0.1, -0.05) is 23.7 Å². The third-order valence-electron chi connectivity index (χ3n) is 3.01. The molecule has 0 aliphatic heterocycles. The minimum absolute atomic E-state index is 0.0419. The second-order valence-electron chi connectivity index (χ2n) is 4.52. The lowest BCUT2D eigenvalue weighted by Gasteiger charge is -2.04. The van der Waals surface area contributed by atoms with E-state index in [0.717, 1.165) is 18.7 Å². The molecule has 3 rings (SSSR count). The van der Waals surface area contributed by atoms with E-state index in [9.17, 15) is 10.1 Å². The molecule has 1 fully saturated rings. The van der Waals surface area contributed by atoms with E-state index in [2.05, 4.69) is 9.97 Å². The number of nitro groups is 1. The molecule has 0 N–H and O–H groups in total. The second kappa shape index (κ2) is 4.59. The first-order valence-corrected chi connectivity index (χ1v) is 6.30. The Bertz CT molecular complexity index is 656. The lowest BCUT2D eigenvalue weighted by Crippen LogP contribution is -1.96. The van der Waals surface area contributed by atoms with Crippen LogP contribution in [0, 0.1) is 10.1 Å². The zero-order valence-corrected chi connectivity index (χ0v) is 10.7. The van der Waals surface area contributed by atoms with Crippen molar-refractivity contribution in [3.05, 3.63) is 51.4 Å². The zero-order valence-electron chi connectivity index (χ0n) is 9.91. The lowest BCUT2D eigenvalue weighted by molar-refractivity contribution is -0.384. The fourth-order valence-corrected chi connectivity index (χ4v) is 2.08. The summed E-state index contributed by atoms with van der Waals surface area (Å²) < 4.78 is 0. The number of hydrogen-bond acceptors (Lipinski definition) is 4. The fourth-order valence-electron chi connectivity index (χ4n) is 1.89. The van der Waals surface area contributed by atoms with Crippen molar-refractivity contribution in [2.24, 2.45) is 0 Å². The van der Waals surface area contributed by atoms with Gasteiger partial charge in [-0.15, -0.1) is 0 Å². The Kier molecular flexibility index (Phi) is 2.91. The number of hydrogen-bond donors (Lipinski definition) is 0. The summed E-state index contributed by atoms with van der Waals surface area (Å²) in [7, 11) is 0. The number of rotatable bonds is 3. The van der Waals surface area contributed by atoms with Crippen LogP contribution in [0.1, 0.15) is 24.6 Å². The van der Waals surface area contributed by atoms with E-state index in [1.54, 1.807) is 18.2 Å². The van der Waals surface area contributed by atoms with Crippen LogP contribution < -0.4 is 0 Å². The summed E-state index contributed by atoms with van der Waals surface area (Å²) in [5, 5.41) is 11.2. The van der Waals surface area contributed by atoms with Crippen LogP contribution in [0.2, 0.25) is 5.15 Å². The van der Waals surface area contributed by atoms with Crippen LogP contribution in [0.25, 0.3) is 11.3 Å². The van der Waals surface area contributed by atoms with Gasteiger partial charge in [0.2, 0.25) is 0 Å². The van der Waals surface area contributed by atoms with E-state index in [0.29, 0.717) is 22.3 Å². The quantitative estimate of drug-likeness (QED) is 0.488. The predicted octanol–water partition coefficient (Wildman–Crippen LogP) is 3.58. The van der Waals surface area contributed by atoms with Crippen molar-refractivity contribution in [3.63, 3.8) is 0 Å². The molecule has 1 saturated carbocycles. The van der Waals surface area contributed by atoms with Gasteiger partial charge in [-0.2, -0.15) is 0 Å². The van der Waals surface area contributed by atoms with Gasteiger partial charge < -0.3 is 0 Å². The van der Waals surface area contributed by atoms with Crippen molar-refractivity contribution in [3.8, 4) is 11.3 Å². The Morgan fingerprint density at radius 2 is 2.05 bits per heavy atom. The van der Waals surface area contributed by atoms with E-state index in [-0.39, 0.29) is 5.69 Å². The maximum Gasteiger partial charge on any atom is 0.270 e. The molecule has 0 bridgehead atoms. The van der Waals surface area contributed by atoms with Gasteiger partial charge in [0.15, 0.2) is 0 Å². The number of aromatic nitrogens is 2. The van der Waals surface area contributed by atoms with Gasteiger partial charge in [0, 0.05) is 29.7 Å². The molecule has 1 aromatic heterocycles. The third-order valence-corrected chi connectivity index (χ3v) is 3.20. The number of nitro benzene ring substituents is 1. The van der Waals surface area contributed by atoms with Gasteiger partial charge in [0.05, 0.1) is 10.6 Å². The maximum atomic E-state index is 10.8. The normalized spacial score (nSPS) is 14.4. The van der Waals surface area contributed by atoms with Crippen molar-refractivity contribution < 1.29 is 4.92 Å². The highest BCUT2D eigenvalue weighted by molar-refractivity contribution is 6.29. The first-order chi connectivity index (χ1) is 9.13. The summed E-state index contributed by atoms with van der Waals surface area (Å²) in [6.45, 7) is 0. The first-order valence-electron chi connectivity index (χ1n) is 5.93. The van der Waals surface area contributed by atoms with Crippen LogP contribution in [0.3, 0.4) is 0 Å². The average molecular weight is 276 g/mol. The summed E-state index contributed by atoms with van der Waals surface area (Å²) in [6.07, 6.45) is 2.16. The summed E-state index contributed by atoms with van der Waals surface area (Å²) in [6, 6.07) is 8.00. The molecule has 6 heteroatoms. The van der Waals surface area contributed by atoms with E-state index in [1.165, 1.54) is 12.1 Å². The summed E-state index contributed by atoms with van der Waals surface area (Å²) in [5.41, 5.74) is 1.35. The van der Waals surface area contributed by atoms with Gasteiger partial charge in [-0.05, 0) is 12.8 Å². The molecule has 2 aromatic rings. The van der Waals surface area contributed by atoms with Gasteiger partial charge >= 0.3 is 0 Å². The Hall–Kier alpha value is -2.01. The Morgan fingerprint density at radius 3 is 2.74 bits per heavy atom. The van der Waals surface area contributed by atoms with E-state index >= 15 is 0 Å². The molecule has 0 radical (unpaired) electrons.